The first kappa shape index (κ1) is 11.0. The molecule has 0 aliphatic rings. The lowest BCUT2D eigenvalue weighted by molar-refractivity contribution is 0.0984. The van der Waals surface area contributed by atoms with E-state index in [0.29, 0.717) is 5.56 Å². The number of nitrogens with one attached hydrogen (secondary N) is 1. The number of ketones is 1. The molecule has 0 aliphatic heterocycles. The summed E-state index contributed by atoms with van der Waals surface area (Å²) in [5.41, 5.74) is 0.603. The van der Waals surface area contributed by atoms with Crippen LogP contribution in [0, 0.1) is 0 Å². The molecule has 0 heterocycles. The van der Waals surface area contributed by atoms with Gasteiger partial charge in [0.2, 0.25) is 0 Å². The van der Waals surface area contributed by atoms with Crippen LogP contribution in [0.15, 0.2) is 30.3 Å². The highest BCUT2D eigenvalue weighted by atomic mass is 32.2. The van der Waals surface area contributed by atoms with Crippen molar-refractivity contribution in [2.75, 3.05) is 6.54 Å². The molecule has 1 aromatic rings. The van der Waals surface area contributed by atoms with E-state index in [4.69, 9.17) is 0 Å². The molecule has 0 aliphatic carbocycles. The van der Waals surface area contributed by atoms with Gasteiger partial charge in [-0.15, -0.1) is 0 Å². The molecule has 76 valence electrons. The molecule has 1 atom stereocenters. The molecule has 0 saturated heterocycles. The number of Topliss-reactive ketones (excluding diaryl/α,β-unsaturated/α-hetero) is 1. The minimum atomic E-state index is -2.29. The molecular weight excluding hydrogens is 202 g/mol. The summed E-state index contributed by atoms with van der Waals surface area (Å²) < 4.78 is 22.3. The molecule has 0 saturated carbocycles. The standard InChI is InChI=1S/C9H11NO3S/c11-9(6-7-10-14(12)13)8-4-2-1-3-5-8/h1-5,10H,6-7H2,(H,12,13)/p-1. The molecule has 5 heteroatoms. The van der Waals surface area contributed by atoms with Gasteiger partial charge in [0.1, 0.15) is 0 Å². The van der Waals surface area contributed by atoms with Gasteiger partial charge in [0, 0.05) is 29.8 Å². The fourth-order valence-corrected chi connectivity index (χ4v) is 1.29. The van der Waals surface area contributed by atoms with Crippen LogP contribution in [0.3, 0.4) is 0 Å². The number of hydrogen-bond acceptors (Lipinski definition) is 3. The van der Waals surface area contributed by atoms with E-state index < -0.39 is 11.3 Å². The molecule has 0 bridgehead atoms. The van der Waals surface area contributed by atoms with Gasteiger partial charge in [-0.05, 0) is 0 Å². The molecule has 0 spiro atoms. The topological polar surface area (TPSA) is 69.2 Å². The zero-order valence-electron chi connectivity index (χ0n) is 7.43. The van der Waals surface area contributed by atoms with Crippen molar-refractivity contribution < 1.29 is 13.6 Å². The van der Waals surface area contributed by atoms with E-state index in [9.17, 15) is 13.6 Å². The third-order valence-electron chi connectivity index (χ3n) is 1.67. The van der Waals surface area contributed by atoms with E-state index in [1.54, 1.807) is 24.3 Å². The van der Waals surface area contributed by atoms with Crippen LogP contribution < -0.4 is 4.72 Å². The number of carbonyl (C=O) groups is 1. The Morgan fingerprint density at radius 2 is 2.00 bits per heavy atom. The lowest BCUT2D eigenvalue weighted by Crippen LogP contribution is -2.20. The van der Waals surface area contributed by atoms with E-state index in [1.807, 2.05) is 6.07 Å². The van der Waals surface area contributed by atoms with Crippen molar-refractivity contribution in [3.63, 3.8) is 0 Å². The number of benzene rings is 1. The van der Waals surface area contributed by atoms with Crippen LogP contribution in [0.4, 0.5) is 0 Å². The van der Waals surface area contributed by atoms with Crippen LogP contribution >= 0.6 is 0 Å². The molecule has 1 N–H and O–H groups in total. The van der Waals surface area contributed by atoms with Gasteiger partial charge in [-0.3, -0.25) is 9.00 Å². The Hall–Kier alpha value is -1.04. The minimum Gasteiger partial charge on any atom is -0.760 e. The van der Waals surface area contributed by atoms with Crippen molar-refractivity contribution in [1.29, 1.82) is 0 Å². The van der Waals surface area contributed by atoms with Crippen molar-refractivity contribution in [2.45, 2.75) is 6.42 Å². The molecule has 1 rings (SSSR count). The fraction of sp³-hybridized carbons (Fsp3) is 0.222. The average Bonchev–Trinajstić information content (AvgIpc) is 2.18. The molecule has 0 amide bonds. The number of rotatable bonds is 5. The van der Waals surface area contributed by atoms with Gasteiger partial charge in [-0.1, -0.05) is 30.3 Å². The lowest BCUT2D eigenvalue weighted by Gasteiger charge is -2.05. The van der Waals surface area contributed by atoms with Crippen LogP contribution in [0.1, 0.15) is 16.8 Å². The fourth-order valence-electron chi connectivity index (χ4n) is 1.02. The van der Waals surface area contributed by atoms with E-state index in [1.165, 1.54) is 0 Å². The smallest absolute Gasteiger partial charge is 0.164 e. The Bertz CT molecular complexity index is 326. The van der Waals surface area contributed by atoms with E-state index >= 15 is 0 Å². The summed E-state index contributed by atoms with van der Waals surface area (Å²) in [5.74, 6) is -0.0662. The minimum absolute atomic E-state index is 0.0662. The van der Waals surface area contributed by atoms with Crippen LogP contribution in [-0.2, 0) is 11.3 Å². The molecule has 1 unspecified atom stereocenters. The first-order valence-corrected chi connectivity index (χ1v) is 5.18. The summed E-state index contributed by atoms with van der Waals surface area (Å²) >= 11 is -2.29. The molecule has 4 nitrogen and oxygen atoms in total. The quantitative estimate of drug-likeness (QED) is 0.575. The second kappa shape index (κ2) is 5.64. The van der Waals surface area contributed by atoms with E-state index in [-0.39, 0.29) is 18.7 Å². The summed E-state index contributed by atoms with van der Waals surface area (Å²) in [4.78, 5) is 11.4. The largest absolute Gasteiger partial charge is 0.760 e. The molecule has 1 aromatic carbocycles. The van der Waals surface area contributed by atoms with Gasteiger partial charge in [-0.2, -0.15) is 0 Å². The van der Waals surface area contributed by atoms with Crippen molar-refractivity contribution >= 4 is 17.0 Å². The van der Waals surface area contributed by atoms with Crippen molar-refractivity contribution in [3.05, 3.63) is 35.9 Å². The third kappa shape index (κ3) is 3.78. The van der Waals surface area contributed by atoms with Crippen LogP contribution in [0.5, 0.6) is 0 Å². The Labute approximate surface area is 84.8 Å². The average molecular weight is 212 g/mol. The maximum Gasteiger partial charge on any atom is 0.164 e. The number of carbonyl (C=O) groups excluding carboxylic acids is 1. The van der Waals surface area contributed by atoms with Crippen molar-refractivity contribution in [2.24, 2.45) is 0 Å². The monoisotopic (exact) mass is 212 g/mol. The Balaban J connectivity index is 2.40. The van der Waals surface area contributed by atoms with Gasteiger partial charge < -0.3 is 4.55 Å². The lowest BCUT2D eigenvalue weighted by atomic mass is 10.1. The van der Waals surface area contributed by atoms with Crippen molar-refractivity contribution in [3.8, 4) is 0 Å². The predicted octanol–water partition coefficient (Wildman–Crippen LogP) is 0.643. The molecule has 0 radical (unpaired) electrons. The maximum atomic E-state index is 11.4. The third-order valence-corrected chi connectivity index (χ3v) is 2.11. The van der Waals surface area contributed by atoms with Crippen LogP contribution in [0.25, 0.3) is 0 Å². The van der Waals surface area contributed by atoms with Gasteiger partial charge in [0.15, 0.2) is 5.78 Å². The van der Waals surface area contributed by atoms with Crippen LogP contribution in [0.2, 0.25) is 0 Å². The van der Waals surface area contributed by atoms with Gasteiger partial charge in [-0.25, -0.2) is 4.72 Å². The molecular formula is C9H10NO3S-. The first-order valence-electron chi connectivity index (χ1n) is 4.11. The first-order chi connectivity index (χ1) is 6.70. The Morgan fingerprint density at radius 1 is 1.36 bits per heavy atom. The van der Waals surface area contributed by atoms with Crippen molar-refractivity contribution in [1.82, 2.24) is 4.72 Å². The summed E-state index contributed by atoms with van der Waals surface area (Å²) in [5, 5.41) is 0. The summed E-state index contributed by atoms with van der Waals surface area (Å²) in [6, 6.07) is 8.77. The zero-order chi connectivity index (χ0) is 10.4. The SMILES string of the molecule is O=C(CCNS(=O)[O-])c1ccccc1. The summed E-state index contributed by atoms with van der Waals surface area (Å²) in [6.07, 6.45) is 0.179. The normalized spacial score (nSPS) is 12.4. The zero-order valence-corrected chi connectivity index (χ0v) is 8.25. The highest BCUT2D eigenvalue weighted by Crippen LogP contribution is 2.01. The second-order valence-electron chi connectivity index (χ2n) is 2.67. The highest BCUT2D eigenvalue weighted by molar-refractivity contribution is 7.77. The van der Waals surface area contributed by atoms with Gasteiger partial charge >= 0.3 is 0 Å². The molecule has 14 heavy (non-hydrogen) atoms. The second-order valence-corrected chi connectivity index (χ2v) is 3.43. The Kier molecular flexibility index (Phi) is 4.45. The summed E-state index contributed by atoms with van der Waals surface area (Å²) in [6.45, 7) is 0.143. The van der Waals surface area contributed by atoms with Gasteiger partial charge in [0.05, 0.1) is 0 Å². The number of hydrogen-bond donors (Lipinski definition) is 1. The summed E-state index contributed by atoms with van der Waals surface area (Å²) in [7, 11) is 0. The van der Waals surface area contributed by atoms with E-state index in [2.05, 4.69) is 4.72 Å². The Morgan fingerprint density at radius 3 is 2.57 bits per heavy atom. The van der Waals surface area contributed by atoms with Crippen LogP contribution in [-0.4, -0.2) is 21.1 Å². The maximum absolute atomic E-state index is 11.4. The molecule has 0 aromatic heterocycles. The van der Waals surface area contributed by atoms with E-state index in [0.717, 1.165) is 0 Å². The van der Waals surface area contributed by atoms with Gasteiger partial charge in [0.25, 0.3) is 0 Å². The predicted molar refractivity (Wildman–Crippen MR) is 52.3 cm³/mol. The highest BCUT2D eigenvalue weighted by Gasteiger charge is 2.03. The molecule has 0 fully saturated rings.